The lowest BCUT2D eigenvalue weighted by molar-refractivity contribution is -0.132. The quantitative estimate of drug-likeness (QED) is 0.793. The molecule has 1 aliphatic carbocycles. The Balaban J connectivity index is 2.05. The highest BCUT2D eigenvalue weighted by atomic mass is 16.2. The van der Waals surface area contributed by atoms with Crippen LogP contribution in [-0.4, -0.2) is 28.9 Å². The van der Waals surface area contributed by atoms with Gasteiger partial charge in [-0.2, -0.15) is 5.26 Å². The number of urea groups is 1. The zero-order valence-electron chi connectivity index (χ0n) is 11.7. The molecule has 0 bridgehead atoms. The van der Waals surface area contributed by atoms with Gasteiger partial charge < -0.3 is 5.32 Å². The summed E-state index contributed by atoms with van der Waals surface area (Å²) in [5.41, 5.74) is -1.16. The lowest BCUT2D eigenvalue weighted by Gasteiger charge is -2.30. The molecule has 19 heavy (non-hydrogen) atoms. The molecule has 0 aromatic heterocycles. The van der Waals surface area contributed by atoms with Crippen molar-refractivity contribution in [2.24, 2.45) is 5.41 Å². The fourth-order valence-electron chi connectivity index (χ4n) is 2.82. The van der Waals surface area contributed by atoms with Crippen LogP contribution in [0.3, 0.4) is 0 Å². The van der Waals surface area contributed by atoms with Crippen molar-refractivity contribution in [3.05, 3.63) is 0 Å². The van der Waals surface area contributed by atoms with Crippen LogP contribution in [0, 0.1) is 16.7 Å². The Morgan fingerprint density at radius 2 is 1.95 bits per heavy atom. The Labute approximate surface area is 113 Å². The smallest absolute Gasteiger partial charge is 0.323 e. The van der Waals surface area contributed by atoms with E-state index < -0.39 is 11.0 Å². The number of rotatable bonds is 3. The van der Waals surface area contributed by atoms with E-state index in [1.807, 2.05) is 13.8 Å². The van der Waals surface area contributed by atoms with Crippen molar-refractivity contribution in [2.75, 3.05) is 6.54 Å². The number of nitriles is 1. The standard InChI is InChI=1S/C14H21N3O2/c1-13(2,10-15)8-9-17-11(18)14(16-12(17)19)6-4-3-5-7-14/h3-9H2,1-2H3,(H,16,19). The normalized spacial score (nSPS) is 22.5. The molecule has 2 rings (SSSR count). The minimum Gasteiger partial charge on any atom is -0.323 e. The number of hydrogen-bond donors (Lipinski definition) is 1. The zero-order chi connectivity index (χ0) is 14.1. The average molecular weight is 263 g/mol. The molecule has 1 N–H and O–H groups in total. The number of carbonyl (C=O) groups excluding carboxylic acids is 2. The number of imide groups is 1. The third-order valence-electron chi connectivity index (χ3n) is 4.22. The second-order valence-corrected chi connectivity index (χ2v) is 6.28. The van der Waals surface area contributed by atoms with E-state index in [1.165, 1.54) is 4.90 Å². The Morgan fingerprint density at radius 1 is 1.32 bits per heavy atom. The van der Waals surface area contributed by atoms with Gasteiger partial charge in [0, 0.05) is 6.54 Å². The maximum Gasteiger partial charge on any atom is 0.325 e. The van der Waals surface area contributed by atoms with E-state index >= 15 is 0 Å². The minimum atomic E-state index is -0.647. The first-order valence-corrected chi connectivity index (χ1v) is 6.96. The Morgan fingerprint density at radius 3 is 2.53 bits per heavy atom. The summed E-state index contributed by atoms with van der Waals surface area (Å²) < 4.78 is 0. The van der Waals surface area contributed by atoms with Gasteiger partial charge >= 0.3 is 6.03 Å². The van der Waals surface area contributed by atoms with Crippen LogP contribution in [0.1, 0.15) is 52.4 Å². The molecule has 1 aliphatic heterocycles. The Hall–Kier alpha value is -1.57. The molecule has 3 amide bonds. The highest BCUT2D eigenvalue weighted by Crippen LogP contribution is 2.34. The topological polar surface area (TPSA) is 73.2 Å². The van der Waals surface area contributed by atoms with Crippen LogP contribution in [0.25, 0.3) is 0 Å². The predicted molar refractivity (Wildman–Crippen MR) is 70.1 cm³/mol. The molecule has 0 aromatic carbocycles. The van der Waals surface area contributed by atoms with E-state index in [9.17, 15) is 9.59 Å². The highest BCUT2D eigenvalue weighted by molar-refractivity contribution is 6.07. The van der Waals surface area contributed by atoms with E-state index in [0.29, 0.717) is 13.0 Å². The molecule has 0 aromatic rings. The van der Waals surface area contributed by atoms with Crippen LogP contribution in [0.2, 0.25) is 0 Å². The van der Waals surface area contributed by atoms with E-state index in [2.05, 4.69) is 11.4 Å². The molecule has 0 radical (unpaired) electrons. The number of carbonyl (C=O) groups is 2. The summed E-state index contributed by atoms with van der Waals surface area (Å²) >= 11 is 0. The first-order valence-electron chi connectivity index (χ1n) is 6.96. The molecule has 1 saturated carbocycles. The fraction of sp³-hybridized carbons (Fsp3) is 0.786. The van der Waals surface area contributed by atoms with Crippen molar-refractivity contribution in [3.63, 3.8) is 0 Å². The maximum atomic E-state index is 12.5. The maximum absolute atomic E-state index is 12.5. The summed E-state index contributed by atoms with van der Waals surface area (Å²) in [6, 6.07) is 1.91. The van der Waals surface area contributed by atoms with Gasteiger partial charge in [-0.05, 0) is 33.1 Å². The van der Waals surface area contributed by atoms with Crippen LogP contribution >= 0.6 is 0 Å². The number of amides is 3. The largest absolute Gasteiger partial charge is 0.325 e. The first-order chi connectivity index (χ1) is 8.90. The van der Waals surface area contributed by atoms with Gasteiger partial charge in [0.05, 0.1) is 11.5 Å². The van der Waals surface area contributed by atoms with Crippen LogP contribution < -0.4 is 5.32 Å². The van der Waals surface area contributed by atoms with E-state index in [1.54, 1.807) is 0 Å². The molecule has 0 atom stereocenters. The highest BCUT2D eigenvalue weighted by Gasteiger charge is 2.51. The molecule has 1 heterocycles. The second kappa shape index (κ2) is 4.84. The second-order valence-electron chi connectivity index (χ2n) is 6.28. The van der Waals surface area contributed by atoms with Crippen molar-refractivity contribution in [1.82, 2.24) is 10.2 Å². The van der Waals surface area contributed by atoms with Crippen LogP contribution in [0.5, 0.6) is 0 Å². The summed E-state index contributed by atoms with van der Waals surface area (Å²) in [5.74, 6) is -0.0917. The van der Waals surface area contributed by atoms with Crippen molar-refractivity contribution in [2.45, 2.75) is 57.9 Å². The lowest BCUT2D eigenvalue weighted by Crippen LogP contribution is -2.48. The van der Waals surface area contributed by atoms with Gasteiger partial charge in [-0.3, -0.25) is 9.69 Å². The summed E-state index contributed by atoms with van der Waals surface area (Å²) in [7, 11) is 0. The van der Waals surface area contributed by atoms with Gasteiger partial charge in [0.1, 0.15) is 5.54 Å². The predicted octanol–water partition coefficient (Wildman–Crippen LogP) is 2.18. The monoisotopic (exact) mass is 263 g/mol. The molecular weight excluding hydrogens is 242 g/mol. The lowest BCUT2D eigenvalue weighted by atomic mass is 9.81. The molecule has 2 fully saturated rings. The van der Waals surface area contributed by atoms with Crippen LogP contribution in [-0.2, 0) is 4.79 Å². The van der Waals surface area contributed by atoms with Crippen LogP contribution in [0.15, 0.2) is 0 Å². The SMILES string of the molecule is CC(C)(C#N)CCN1C(=O)NC2(CCCCC2)C1=O. The minimum absolute atomic E-state index is 0.0917. The molecule has 1 saturated heterocycles. The third-order valence-corrected chi connectivity index (χ3v) is 4.22. The first kappa shape index (κ1) is 13.9. The molecule has 0 unspecified atom stereocenters. The zero-order valence-corrected chi connectivity index (χ0v) is 11.7. The van der Waals surface area contributed by atoms with Crippen LogP contribution in [0.4, 0.5) is 4.79 Å². The third kappa shape index (κ3) is 2.58. The van der Waals surface area contributed by atoms with Gasteiger partial charge in [-0.1, -0.05) is 19.3 Å². The van der Waals surface area contributed by atoms with E-state index in [0.717, 1.165) is 32.1 Å². The van der Waals surface area contributed by atoms with Crippen molar-refractivity contribution < 1.29 is 9.59 Å². The summed E-state index contributed by atoms with van der Waals surface area (Å²) in [6.07, 6.45) is 5.11. The molecule has 104 valence electrons. The molecular formula is C14H21N3O2. The summed E-state index contributed by atoms with van der Waals surface area (Å²) in [5, 5.41) is 11.9. The van der Waals surface area contributed by atoms with E-state index in [4.69, 9.17) is 5.26 Å². The Bertz CT molecular complexity index is 430. The van der Waals surface area contributed by atoms with E-state index in [-0.39, 0.29) is 11.9 Å². The van der Waals surface area contributed by atoms with Gasteiger partial charge in [-0.15, -0.1) is 0 Å². The summed E-state index contributed by atoms with van der Waals surface area (Å²) in [4.78, 5) is 25.7. The number of nitrogens with zero attached hydrogens (tertiary/aromatic N) is 2. The molecule has 5 nitrogen and oxygen atoms in total. The van der Waals surface area contributed by atoms with Gasteiger partial charge in [0.2, 0.25) is 0 Å². The molecule has 5 heteroatoms. The molecule has 2 aliphatic rings. The van der Waals surface area contributed by atoms with Gasteiger partial charge in [0.15, 0.2) is 0 Å². The van der Waals surface area contributed by atoms with Crippen molar-refractivity contribution in [3.8, 4) is 6.07 Å². The van der Waals surface area contributed by atoms with Gasteiger partial charge in [0.25, 0.3) is 5.91 Å². The Kier molecular flexibility index (Phi) is 3.53. The summed E-state index contributed by atoms with van der Waals surface area (Å²) in [6.45, 7) is 3.97. The fourth-order valence-corrected chi connectivity index (χ4v) is 2.82. The van der Waals surface area contributed by atoms with Crippen molar-refractivity contribution in [1.29, 1.82) is 5.26 Å². The molecule has 1 spiro atoms. The number of nitrogens with one attached hydrogen (secondary N) is 1. The average Bonchev–Trinajstić information content (AvgIpc) is 2.60. The van der Waals surface area contributed by atoms with Crippen molar-refractivity contribution >= 4 is 11.9 Å². The number of hydrogen-bond acceptors (Lipinski definition) is 3. The van der Waals surface area contributed by atoms with Gasteiger partial charge in [-0.25, -0.2) is 4.79 Å².